The van der Waals surface area contributed by atoms with Crippen LogP contribution in [-0.4, -0.2) is 128 Å². The van der Waals surface area contributed by atoms with E-state index in [9.17, 15) is 78.5 Å². The van der Waals surface area contributed by atoms with Crippen molar-refractivity contribution < 1.29 is 130 Å². The van der Waals surface area contributed by atoms with Gasteiger partial charge in [-0.3, -0.25) is 28.1 Å². The number of hydrogen-bond acceptors (Lipinski definition) is 14. The molecule has 0 fully saturated rings. The van der Waals surface area contributed by atoms with Crippen molar-refractivity contribution in [3.63, 3.8) is 0 Å². The van der Waals surface area contributed by atoms with Crippen LogP contribution in [0.1, 0.15) is 28.2 Å². The summed E-state index contributed by atoms with van der Waals surface area (Å²) >= 11 is 20.1. The average Bonchev–Trinajstić information content (AvgIpc) is 3.98. The molecular weight excluding hydrogens is 1230 g/mol. The monoisotopic (exact) mass is 1270 g/mol. The predicted octanol–water partition coefficient (Wildman–Crippen LogP) is 3.64. The molecule has 426 valence electrons. The zero-order valence-electron chi connectivity index (χ0n) is 40.7. The number of carbonyl (C=O) groups is 3. The number of aromatic amines is 2. The molecule has 2 atom stereocenters. The smallest absolute Gasteiger partial charge is 0.850 e. The molecule has 0 radical (unpaired) electrons. The van der Waals surface area contributed by atoms with E-state index in [1.807, 2.05) is 5.10 Å². The van der Waals surface area contributed by atoms with Gasteiger partial charge in [-0.15, -0.1) is 10.7 Å². The first-order valence-electron chi connectivity index (χ1n) is 20.8. The van der Waals surface area contributed by atoms with Crippen molar-refractivity contribution in [1.82, 2.24) is 43.9 Å². The molecular formula is C44H47BrCl3F9KN9O11. The fourth-order valence-electron chi connectivity index (χ4n) is 5.14. The second-order valence-electron chi connectivity index (χ2n) is 15.7. The molecule has 0 saturated carbocycles. The summed E-state index contributed by atoms with van der Waals surface area (Å²) in [4.78, 5) is 67.4. The van der Waals surface area contributed by atoms with Gasteiger partial charge in [0.25, 0.3) is 5.78 Å². The number of nitrogens with one attached hydrogen (secondary N) is 2. The Bertz CT molecular complexity index is 3000. The number of H-pyrrole nitrogens is 2. The van der Waals surface area contributed by atoms with Crippen LogP contribution in [-0.2, 0) is 50.0 Å². The number of aromatic nitrogens is 9. The maximum Gasteiger partial charge on any atom is 1.00 e. The van der Waals surface area contributed by atoms with E-state index in [0.29, 0.717) is 45.6 Å². The van der Waals surface area contributed by atoms with Crippen molar-refractivity contribution in [3.8, 4) is 34.2 Å². The number of nitrogens with zero attached hydrogens (tertiary/aromatic N) is 7. The van der Waals surface area contributed by atoms with Gasteiger partial charge in [0, 0.05) is 31.8 Å². The number of aliphatic hydroxyl groups excluding tert-OH is 2. The van der Waals surface area contributed by atoms with Crippen molar-refractivity contribution in [1.29, 1.82) is 0 Å². The van der Waals surface area contributed by atoms with Gasteiger partial charge < -0.3 is 24.8 Å². The van der Waals surface area contributed by atoms with Crippen LogP contribution in [0.15, 0.2) is 87.2 Å². The molecule has 78 heavy (non-hydrogen) atoms. The Morgan fingerprint density at radius 1 is 0.628 bits per heavy atom. The van der Waals surface area contributed by atoms with E-state index >= 15 is 0 Å². The van der Waals surface area contributed by atoms with Crippen molar-refractivity contribution in [3.05, 3.63) is 119 Å². The van der Waals surface area contributed by atoms with E-state index in [-0.39, 0.29) is 87.6 Å². The van der Waals surface area contributed by atoms with Crippen LogP contribution in [0, 0.1) is 0 Å². The van der Waals surface area contributed by atoms with Crippen LogP contribution in [0.2, 0.25) is 15.1 Å². The molecule has 3 aromatic carbocycles. The van der Waals surface area contributed by atoms with Gasteiger partial charge in [-0.05, 0) is 72.8 Å². The summed E-state index contributed by atoms with van der Waals surface area (Å²) < 4.78 is 123. The molecule has 0 aliphatic carbocycles. The third kappa shape index (κ3) is 24.8. The number of carbonyl (C=O) groups excluding carboxylic acids is 3. The van der Waals surface area contributed by atoms with Crippen molar-refractivity contribution in [2.75, 3.05) is 19.5 Å². The number of methoxy groups -OCH3 is 2. The summed E-state index contributed by atoms with van der Waals surface area (Å²) in [5, 5.41) is 45.2. The Morgan fingerprint density at radius 2 is 0.962 bits per heavy atom. The van der Waals surface area contributed by atoms with Crippen LogP contribution in [0.3, 0.4) is 0 Å². The maximum atomic E-state index is 12.6. The Kier molecular flexibility index (Phi) is 30.6. The Hall–Kier alpha value is -4.67. The largest absolute Gasteiger partial charge is 1.00 e. The van der Waals surface area contributed by atoms with E-state index in [2.05, 4.69) is 45.8 Å². The van der Waals surface area contributed by atoms with E-state index < -0.39 is 91.3 Å². The molecule has 0 saturated heterocycles. The number of halogens is 13. The standard InChI is InChI=1S/C14H13ClF3N3O4.C11H9ClF3N3O2.C11H7ClF3N3O2.C4H9O.C3H5BrO2.CH4.K/c1-25-11(23)7-21-13(24)20(6-10(22)14(16,17)18)12(19-21)8-2-4-9(15)5-3-8;2*12-7-3-1-6(2-4-7)9-16-17-10(20)18(9)5-8(19)11(13,14)15;1-4(2,3)5;1-6-3(5)2-4;;/h2-5,10,22H,6-7H2,1H3;1-4,8,19H,5H2,(H,17,20);1-4H,5H2,(H,17,20);1-3H3;2H2,1H3;1H4;/q;;;-1;;;+1/t10-;8-;;;;;/m00...../s1. The molecule has 6 aromatic rings. The number of Topliss-reactive ketones (excluding diaryl/α,β-unsaturated/α-hetero) is 1. The van der Waals surface area contributed by atoms with Crippen LogP contribution < -0.4 is 73.6 Å². The van der Waals surface area contributed by atoms with Crippen molar-refractivity contribution in [2.45, 2.75) is 90.7 Å². The third-order valence-electron chi connectivity index (χ3n) is 8.67. The zero-order valence-corrected chi connectivity index (χ0v) is 47.7. The summed E-state index contributed by atoms with van der Waals surface area (Å²) in [6, 6.07) is 17.8. The fourth-order valence-corrected chi connectivity index (χ4v) is 5.75. The number of aliphatic hydroxyl groups is 2. The Balaban J connectivity index is 0.00000103. The van der Waals surface area contributed by atoms with Crippen molar-refractivity contribution in [2.24, 2.45) is 0 Å². The van der Waals surface area contributed by atoms with Gasteiger partial charge in [-0.25, -0.2) is 29.3 Å². The van der Waals surface area contributed by atoms with E-state index in [1.54, 1.807) is 20.8 Å². The van der Waals surface area contributed by atoms with Gasteiger partial charge in [0.2, 0.25) is 0 Å². The number of ether oxygens (including phenoxy) is 2. The van der Waals surface area contributed by atoms with E-state index in [0.717, 1.165) is 11.7 Å². The topological polar surface area (TPSA) is 274 Å². The minimum Gasteiger partial charge on any atom is -0.850 e. The molecule has 20 nitrogen and oxygen atoms in total. The summed E-state index contributed by atoms with van der Waals surface area (Å²) in [5.74, 6) is -3.29. The normalized spacial score (nSPS) is 11.9. The molecule has 3 heterocycles. The Morgan fingerprint density at radius 3 is 1.28 bits per heavy atom. The fraction of sp³-hybridized carbons (Fsp3) is 0.386. The van der Waals surface area contributed by atoms with Crippen molar-refractivity contribution >= 4 is 68.5 Å². The Labute approximate surface area is 502 Å². The second-order valence-corrected chi connectivity index (χ2v) is 17.6. The third-order valence-corrected chi connectivity index (χ3v) is 9.89. The quantitative estimate of drug-likeness (QED) is 0.0590. The van der Waals surface area contributed by atoms with Crippen LogP contribution in [0.4, 0.5) is 39.5 Å². The second kappa shape index (κ2) is 32.5. The SMILES string of the molecule is C.CC(C)(C)[O-].COC(=O)CBr.COC(=O)Cn1nc(-c2ccc(Cl)cc2)n(C[C@H](O)C(F)(F)F)c1=O.O=C(Cn1c(-c2ccc(Cl)cc2)n[nH]c1=O)C(F)(F)F.O=c1[nH]nc(-c2ccc(Cl)cc2)n1C[C@H](O)C(F)(F)F.[K+]. The molecule has 34 heteroatoms. The number of ketones is 1. The summed E-state index contributed by atoms with van der Waals surface area (Å²) in [6.45, 7) is 1.19. The number of hydrogen-bond donors (Lipinski definition) is 4. The summed E-state index contributed by atoms with van der Waals surface area (Å²) in [5.41, 5.74) is -2.41. The number of benzene rings is 3. The van der Waals surface area contributed by atoms with Gasteiger partial charge in [0.1, 0.15) is 11.9 Å². The minimum atomic E-state index is -5.01. The molecule has 0 bridgehead atoms. The first-order valence-corrected chi connectivity index (χ1v) is 23.0. The molecule has 3 aromatic heterocycles. The number of esters is 2. The van der Waals surface area contributed by atoms with Crippen LogP contribution in [0.25, 0.3) is 34.2 Å². The van der Waals surface area contributed by atoms with Gasteiger partial charge in [-0.1, -0.05) is 78.9 Å². The number of alkyl halides is 10. The minimum absolute atomic E-state index is 0. The molecule has 0 unspecified atom stereocenters. The molecule has 0 aliphatic rings. The first kappa shape index (κ1) is 73.3. The average molecular weight is 1270 g/mol. The molecule has 0 amide bonds. The van der Waals surface area contributed by atoms with E-state index in [1.165, 1.54) is 79.9 Å². The molecule has 0 spiro atoms. The van der Waals surface area contributed by atoms with Gasteiger partial charge in [-0.2, -0.15) is 49.7 Å². The van der Waals surface area contributed by atoms with Gasteiger partial charge >= 0.3 is 98.9 Å². The predicted molar refractivity (Wildman–Crippen MR) is 263 cm³/mol. The van der Waals surface area contributed by atoms with Crippen LogP contribution in [0.5, 0.6) is 0 Å². The van der Waals surface area contributed by atoms with Gasteiger partial charge in [0.05, 0.1) is 33.9 Å². The molecule has 6 rings (SSSR count). The number of rotatable bonds is 12. The maximum absolute atomic E-state index is 12.6. The summed E-state index contributed by atoms with van der Waals surface area (Å²) in [7, 11) is 2.45. The van der Waals surface area contributed by atoms with Crippen LogP contribution >= 0.6 is 50.7 Å². The van der Waals surface area contributed by atoms with E-state index in [4.69, 9.17) is 39.9 Å². The molecule has 4 N–H and O–H groups in total. The zero-order chi connectivity index (χ0) is 58.1. The summed E-state index contributed by atoms with van der Waals surface area (Å²) in [6.07, 6.45) is -20.2. The molecule has 0 aliphatic heterocycles. The first-order chi connectivity index (χ1) is 35.0. The van der Waals surface area contributed by atoms with Gasteiger partial charge in [0.15, 0.2) is 29.7 Å².